The Bertz CT molecular complexity index is 962. The monoisotopic (exact) mass is 406 g/mol. The summed E-state index contributed by atoms with van der Waals surface area (Å²) in [5, 5.41) is 6.48. The number of rotatable bonds is 5. The molecule has 2 aromatic rings. The number of hydrogen-bond acceptors (Lipinski definition) is 6. The lowest BCUT2D eigenvalue weighted by Gasteiger charge is -2.36. The summed E-state index contributed by atoms with van der Waals surface area (Å²) in [6.45, 7) is 9.07. The van der Waals surface area contributed by atoms with Crippen LogP contribution in [0.4, 0.5) is 5.82 Å². The number of amides is 1. The second-order valence-electron chi connectivity index (χ2n) is 7.17. The van der Waals surface area contributed by atoms with E-state index in [4.69, 9.17) is 4.52 Å². The van der Waals surface area contributed by atoms with Crippen LogP contribution >= 0.6 is 0 Å². The number of anilines is 1. The quantitative estimate of drug-likeness (QED) is 0.815. The molecule has 1 aliphatic rings. The Kier molecular flexibility index (Phi) is 5.87. The van der Waals surface area contributed by atoms with E-state index in [2.05, 4.69) is 10.5 Å². The van der Waals surface area contributed by atoms with Gasteiger partial charge in [-0.15, -0.1) is 0 Å². The van der Waals surface area contributed by atoms with Crippen molar-refractivity contribution in [3.8, 4) is 0 Å². The van der Waals surface area contributed by atoms with Crippen LogP contribution in [0, 0.1) is 20.8 Å². The molecule has 9 heteroatoms. The first-order chi connectivity index (χ1) is 13.2. The molecule has 2 heterocycles. The SMILES string of the molecule is Cc1cc(NC(=O)[C@H](C)N2CCN(S(=O)(=O)c3ccc(C)c(C)c3)CC2)no1. The second kappa shape index (κ2) is 8.02. The number of nitrogens with zero attached hydrogens (tertiary/aromatic N) is 3. The molecular formula is C19H26N4O4S. The lowest BCUT2D eigenvalue weighted by atomic mass is 10.1. The lowest BCUT2D eigenvalue weighted by molar-refractivity contribution is -0.121. The molecule has 1 atom stereocenters. The number of carbonyl (C=O) groups is 1. The maximum Gasteiger partial charge on any atom is 0.243 e. The minimum absolute atomic E-state index is 0.196. The summed E-state index contributed by atoms with van der Waals surface area (Å²) < 4.78 is 32.3. The van der Waals surface area contributed by atoms with Gasteiger partial charge in [0.2, 0.25) is 15.9 Å². The van der Waals surface area contributed by atoms with E-state index in [1.165, 1.54) is 4.31 Å². The van der Waals surface area contributed by atoms with Crippen LogP contribution in [0.15, 0.2) is 33.7 Å². The summed E-state index contributed by atoms with van der Waals surface area (Å²) in [4.78, 5) is 14.7. The van der Waals surface area contributed by atoms with E-state index in [1.807, 2.05) is 24.8 Å². The second-order valence-corrected chi connectivity index (χ2v) is 9.11. The van der Waals surface area contributed by atoms with Crippen molar-refractivity contribution in [3.63, 3.8) is 0 Å². The van der Waals surface area contributed by atoms with Crippen LogP contribution in [-0.4, -0.2) is 60.9 Å². The van der Waals surface area contributed by atoms with Gasteiger partial charge in [0, 0.05) is 32.2 Å². The van der Waals surface area contributed by atoms with Gasteiger partial charge in [-0.1, -0.05) is 11.2 Å². The van der Waals surface area contributed by atoms with Crippen molar-refractivity contribution in [2.45, 2.75) is 38.6 Å². The number of aryl methyl sites for hydroxylation is 3. The van der Waals surface area contributed by atoms with Crippen LogP contribution in [0.3, 0.4) is 0 Å². The molecule has 0 saturated carbocycles. The van der Waals surface area contributed by atoms with Gasteiger partial charge in [-0.25, -0.2) is 8.42 Å². The normalized spacial score (nSPS) is 17.4. The zero-order chi connectivity index (χ0) is 20.5. The maximum absolute atomic E-state index is 12.9. The van der Waals surface area contributed by atoms with Gasteiger partial charge in [0.05, 0.1) is 10.9 Å². The molecule has 0 bridgehead atoms. The van der Waals surface area contributed by atoms with Crippen LogP contribution in [0.1, 0.15) is 23.8 Å². The third-order valence-corrected chi connectivity index (χ3v) is 7.09. The molecule has 1 fully saturated rings. The Morgan fingerprint density at radius 2 is 1.79 bits per heavy atom. The number of benzene rings is 1. The van der Waals surface area contributed by atoms with Crippen molar-refractivity contribution in [2.24, 2.45) is 0 Å². The van der Waals surface area contributed by atoms with Crippen LogP contribution in [0.2, 0.25) is 0 Å². The Balaban J connectivity index is 1.61. The van der Waals surface area contributed by atoms with Crippen molar-refractivity contribution < 1.29 is 17.7 Å². The van der Waals surface area contributed by atoms with Gasteiger partial charge in [-0.3, -0.25) is 9.69 Å². The fourth-order valence-corrected chi connectivity index (χ4v) is 4.68. The molecule has 1 saturated heterocycles. The number of carbonyl (C=O) groups excluding carboxylic acids is 1. The third-order valence-electron chi connectivity index (χ3n) is 5.20. The molecule has 1 aliphatic heterocycles. The first-order valence-corrected chi connectivity index (χ1v) is 10.7. The maximum atomic E-state index is 12.9. The van der Waals surface area contributed by atoms with E-state index in [1.54, 1.807) is 32.0 Å². The van der Waals surface area contributed by atoms with Gasteiger partial charge in [0.15, 0.2) is 5.82 Å². The first kappa shape index (κ1) is 20.5. The molecule has 0 aliphatic carbocycles. The molecule has 1 N–H and O–H groups in total. The van der Waals surface area contributed by atoms with Gasteiger partial charge in [0.1, 0.15) is 5.76 Å². The summed E-state index contributed by atoms with van der Waals surface area (Å²) in [7, 11) is -3.53. The fourth-order valence-electron chi connectivity index (χ4n) is 3.18. The standard InChI is InChI=1S/C19H26N4O4S/c1-13-5-6-17(11-14(13)2)28(25,26)23-9-7-22(8-10-23)16(4)19(24)20-18-12-15(3)27-21-18/h5-6,11-12,16H,7-10H2,1-4H3,(H,20,21,24)/t16-/m0/s1. The van der Waals surface area contributed by atoms with E-state index >= 15 is 0 Å². The van der Waals surface area contributed by atoms with Crippen molar-refractivity contribution in [3.05, 3.63) is 41.2 Å². The van der Waals surface area contributed by atoms with Crippen molar-refractivity contribution in [2.75, 3.05) is 31.5 Å². The third kappa shape index (κ3) is 4.26. The highest BCUT2D eigenvalue weighted by atomic mass is 32.2. The molecule has 152 valence electrons. The molecule has 0 radical (unpaired) electrons. The molecule has 0 spiro atoms. The molecule has 0 unspecified atom stereocenters. The van der Waals surface area contributed by atoms with E-state index in [0.717, 1.165) is 11.1 Å². The van der Waals surface area contributed by atoms with Crippen LogP contribution in [0.25, 0.3) is 0 Å². The lowest BCUT2D eigenvalue weighted by Crippen LogP contribution is -2.53. The fraction of sp³-hybridized carbons (Fsp3) is 0.474. The van der Waals surface area contributed by atoms with Gasteiger partial charge >= 0.3 is 0 Å². The highest BCUT2D eigenvalue weighted by Crippen LogP contribution is 2.21. The molecule has 1 aromatic heterocycles. The number of sulfonamides is 1. The van der Waals surface area contributed by atoms with Crippen LogP contribution < -0.4 is 5.32 Å². The van der Waals surface area contributed by atoms with Crippen LogP contribution in [-0.2, 0) is 14.8 Å². The molecule has 8 nitrogen and oxygen atoms in total. The van der Waals surface area contributed by atoms with Crippen molar-refractivity contribution >= 4 is 21.7 Å². The average Bonchev–Trinajstić information content (AvgIpc) is 3.08. The predicted octanol–water partition coefficient (Wildman–Crippen LogP) is 1.93. The molecule has 28 heavy (non-hydrogen) atoms. The molecule has 3 rings (SSSR count). The highest BCUT2D eigenvalue weighted by molar-refractivity contribution is 7.89. The van der Waals surface area contributed by atoms with Gasteiger partial charge < -0.3 is 9.84 Å². The van der Waals surface area contributed by atoms with Crippen LogP contribution in [0.5, 0.6) is 0 Å². The van der Waals surface area contributed by atoms with Gasteiger partial charge in [0.25, 0.3) is 0 Å². The molecular weight excluding hydrogens is 380 g/mol. The average molecular weight is 407 g/mol. The summed E-state index contributed by atoms with van der Waals surface area (Å²) in [6, 6.07) is 6.45. The Hall–Kier alpha value is -2.23. The highest BCUT2D eigenvalue weighted by Gasteiger charge is 2.32. The Morgan fingerprint density at radius 3 is 2.36 bits per heavy atom. The minimum Gasteiger partial charge on any atom is -0.360 e. The largest absolute Gasteiger partial charge is 0.360 e. The van der Waals surface area contributed by atoms with E-state index < -0.39 is 16.1 Å². The number of piperazine rings is 1. The number of hydrogen-bond donors (Lipinski definition) is 1. The van der Waals surface area contributed by atoms with Gasteiger partial charge in [-0.05, 0) is 51.0 Å². The Morgan fingerprint density at radius 1 is 1.11 bits per heavy atom. The number of nitrogens with one attached hydrogen (secondary N) is 1. The van der Waals surface area contributed by atoms with Crippen molar-refractivity contribution in [1.82, 2.24) is 14.4 Å². The predicted molar refractivity (Wildman–Crippen MR) is 106 cm³/mol. The smallest absolute Gasteiger partial charge is 0.243 e. The topological polar surface area (TPSA) is 95.8 Å². The van der Waals surface area contributed by atoms with E-state index in [-0.39, 0.29) is 5.91 Å². The summed E-state index contributed by atoms with van der Waals surface area (Å²) in [5.41, 5.74) is 2.01. The summed E-state index contributed by atoms with van der Waals surface area (Å²) in [5.74, 6) is 0.803. The number of aromatic nitrogens is 1. The minimum atomic E-state index is -3.53. The Labute approximate surface area is 165 Å². The van der Waals surface area contributed by atoms with Crippen molar-refractivity contribution in [1.29, 1.82) is 0 Å². The summed E-state index contributed by atoms with van der Waals surface area (Å²) in [6.07, 6.45) is 0. The summed E-state index contributed by atoms with van der Waals surface area (Å²) >= 11 is 0. The zero-order valence-electron chi connectivity index (χ0n) is 16.6. The first-order valence-electron chi connectivity index (χ1n) is 9.24. The van der Waals surface area contributed by atoms with Gasteiger partial charge in [-0.2, -0.15) is 4.31 Å². The zero-order valence-corrected chi connectivity index (χ0v) is 17.4. The molecule has 1 aromatic carbocycles. The van der Waals surface area contributed by atoms with E-state index in [0.29, 0.717) is 42.7 Å². The molecule has 1 amide bonds. The van der Waals surface area contributed by atoms with E-state index in [9.17, 15) is 13.2 Å².